The zero-order chi connectivity index (χ0) is 23.0. The van der Waals surface area contributed by atoms with E-state index in [9.17, 15) is 9.59 Å². The number of para-hydroxylation sites is 1. The molecule has 0 unspecified atom stereocenters. The predicted octanol–water partition coefficient (Wildman–Crippen LogP) is 4.75. The van der Waals surface area contributed by atoms with Crippen LogP contribution < -0.4 is 10.9 Å². The number of thioether (sulfide) groups is 1. The highest BCUT2D eigenvalue weighted by Gasteiger charge is 2.13. The second-order valence-corrected chi connectivity index (χ2v) is 8.86. The predicted molar refractivity (Wildman–Crippen MR) is 135 cm³/mol. The number of amides is 1. The summed E-state index contributed by atoms with van der Waals surface area (Å²) in [4.78, 5) is 30.4. The molecule has 33 heavy (non-hydrogen) atoms. The Morgan fingerprint density at radius 3 is 2.52 bits per heavy atom. The Morgan fingerprint density at radius 2 is 1.70 bits per heavy atom. The van der Waals surface area contributed by atoms with Crippen LogP contribution in [0.2, 0.25) is 0 Å². The van der Waals surface area contributed by atoms with Crippen LogP contribution in [0.15, 0.2) is 88.8 Å². The summed E-state index contributed by atoms with van der Waals surface area (Å²) in [5.74, 6) is 0.640. The average molecular weight is 458 g/mol. The van der Waals surface area contributed by atoms with Crippen molar-refractivity contribution >= 4 is 28.6 Å². The van der Waals surface area contributed by atoms with Crippen molar-refractivity contribution < 1.29 is 4.79 Å². The van der Waals surface area contributed by atoms with E-state index < -0.39 is 0 Å². The van der Waals surface area contributed by atoms with Crippen molar-refractivity contribution in [2.75, 3.05) is 6.54 Å². The van der Waals surface area contributed by atoms with Crippen LogP contribution in [-0.2, 0) is 23.5 Å². The minimum absolute atomic E-state index is 0.0687. The standard InChI is InChI=1S/C27H27N3O2S/c1-20-9-5-6-12-22(20)19-33-27-29-24-14-8-7-13-23(24)26(32)30(27)18-16-25(31)28-17-15-21-10-3-2-4-11-21/h2-14H,15-19H2,1H3,(H,28,31). The van der Waals surface area contributed by atoms with Gasteiger partial charge in [-0.25, -0.2) is 4.98 Å². The molecule has 1 amide bonds. The molecule has 1 heterocycles. The van der Waals surface area contributed by atoms with Gasteiger partial charge in [0.1, 0.15) is 0 Å². The Balaban J connectivity index is 1.47. The first-order valence-electron chi connectivity index (χ1n) is 11.1. The van der Waals surface area contributed by atoms with Crippen LogP contribution >= 0.6 is 11.8 Å². The Morgan fingerprint density at radius 1 is 0.970 bits per heavy atom. The summed E-state index contributed by atoms with van der Waals surface area (Å²) >= 11 is 1.53. The number of carbonyl (C=O) groups excluding carboxylic acids is 1. The molecule has 0 saturated heterocycles. The maximum atomic E-state index is 13.2. The molecular weight excluding hydrogens is 430 g/mol. The lowest BCUT2D eigenvalue weighted by atomic mass is 10.1. The molecule has 0 radical (unpaired) electrons. The maximum Gasteiger partial charge on any atom is 0.262 e. The molecule has 4 aromatic rings. The van der Waals surface area contributed by atoms with Gasteiger partial charge < -0.3 is 5.32 Å². The molecule has 0 fully saturated rings. The normalized spacial score (nSPS) is 10.9. The molecule has 4 rings (SSSR count). The van der Waals surface area contributed by atoms with Crippen LogP contribution in [0.1, 0.15) is 23.1 Å². The van der Waals surface area contributed by atoms with Crippen molar-refractivity contribution in [3.8, 4) is 0 Å². The van der Waals surface area contributed by atoms with Crippen LogP contribution in [0.5, 0.6) is 0 Å². The van der Waals surface area contributed by atoms with Gasteiger partial charge in [-0.1, -0.05) is 78.5 Å². The summed E-state index contributed by atoms with van der Waals surface area (Å²) in [5.41, 5.74) is 4.17. The number of aromatic nitrogens is 2. The fourth-order valence-corrected chi connectivity index (χ4v) is 4.76. The zero-order valence-corrected chi connectivity index (χ0v) is 19.5. The van der Waals surface area contributed by atoms with E-state index in [2.05, 4.69) is 24.4 Å². The summed E-state index contributed by atoms with van der Waals surface area (Å²) < 4.78 is 1.64. The van der Waals surface area contributed by atoms with Crippen molar-refractivity contribution in [1.29, 1.82) is 0 Å². The van der Waals surface area contributed by atoms with Gasteiger partial charge in [0.2, 0.25) is 5.91 Å². The third-order valence-electron chi connectivity index (χ3n) is 5.59. The summed E-state index contributed by atoms with van der Waals surface area (Å²) in [7, 11) is 0. The SMILES string of the molecule is Cc1ccccc1CSc1nc2ccccc2c(=O)n1CCC(=O)NCCc1ccccc1. The summed E-state index contributed by atoms with van der Waals surface area (Å²) in [6.45, 7) is 2.95. The van der Waals surface area contributed by atoms with Crippen LogP contribution in [0.25, 0.3) is 10.9 Å². The minimum Gasteiger partial charge on any atom is -0.356 e. The van der Waals surface area contributed by atoms with E-state index in [4.69, 9.17) is 4.98 Å². The molecule has 0 bridgehead atoms. The van der Waals surface area contributed by atoms with Gasteiger partial charge in [0.25, 0.3) is 5.56 Å². The number of nitrogens with zero attached hydrogens (tertiary/aromatic N) is 2. The van der Waals surface area contributed by atoms with E-state index in [1.807, 2.05) is 60.7 Å². The number of hydrogen-bond donors (Lipinski definition) is 1. The molecule has 0 aliphatic carbocycles. The molecule has 0 aliphatic heterocycles. The largest absolute Gasteiger partial charge is 0.356 e. The van der Waals surface area contributed by atoms with Gasteiger partial charge in [-0.05, 0) is 42.2 Å². The Labute approximate surface area is 197 Å². The van der Waals surface area contributed by atoms with Crippen molar-refractivity contribution in [3.05, 3.63) is 106 Å². The number of rotatable bonds is 9. The molecule has 1 N–H and O–H groups in total. The third kappa shape index (κ3) is 5.90. The number of fused-ring (bicyclic) bond motifs is 1. The summed E-state index contributed by atoms with van der Waals surface area (Å²) in [6, 6.07) is 25.6. The molecule has 1 aromatic heterocycles. The molecule has 0 atom stereocenters. The fourth-order valence-electron chi connectivity index (χ4n) is 3.66. The fraction of sp³-hybridized carbons (Fsp3) is 0.222. The number of carbonyl (C=O) groups is 1. The molecular formula is C27H27N3O2S. The Hall–Kier alpha value is -3.38. The molecule has 6 heteroatoms. The van der Waals surface area contributed by atoms with E-state index in [0.717, 1.165) is 6.42 Å². The quantitative estimate of drug-likeness (QED) is 0.291. The highest BCUT2D eigenvalue weighted by Crippen LogP contribution is 2.24. The van der Waals surface area contributed by atoms with Crippen molar-refractivity contribution in [3.63, 3.8) is 0 Å². The van der Waals surface area contributed by atoms with E-state index in [1.165, 1.54) is 28.5 Å². The first-order valence-corrected chi connectivity index (χ1v) is 12.1. The first kappa shape index (κ1) is 22.8. The van der Waals surface area contributed by atoms with Gasteiger partial charge in [-0.2, -0.15) is 0 Å². The van der Waals surface area contributed by atoms with Crippen LogP contribution in [-0.4, -0.2) is 22.0 Å². The van der Waals surface area contributed by atoms with Gasteiger partial charge >= 0.3 is 0 Å². The third-order valence-corrected chi connectivity index (χ3v) is 6.61. The van der Waals surface area contributed by atoms with Crippen LogP contribution in [0.3, 0.4) is 0 Å². The van der Waals surface area contributed by atoms with Gasteiger partial charge in [0, 0.05) is 25.3 Å². The summed E-state index contributed by atoms with van der Waals surface area (Å²) in [5, 5.41) is 4.17. The van der Waals surface area contributed by atoms with Crippen LogP contribution in [0, 0.1) is 6.92 Å². The van der Waals surface area contributed by atoms with Crippen LogP contribution in [0.4, 0.5) is 0 Å². The van der Waals surface area contributed by atoms with Crippen molar-refractivity contribution in [1.82, 2.24) is 14.9 Å². The number of aryl methyl sites for hydroxylation is 1. The molecule has 0 aliphatic rings. The van der Waals surface area contributed by atoms with Gasteiger partial charge in [0.05, 0.1) is 10.9 Å². The highest BCUT2D eigenvalue weighted by molar-refractivity contribution is 7.98. The van der Waals surface area contributed by atoms with Gasteiger partial charge in [-0.15, -0.1) is 0 Å². The molecule has 5 nitrogen and oxygen atoms in total. The van der Waals surface area contributed by atoms with Gasteiger partial charge in [0.15, 0.2) is 5.16 Å². The van der Waals surface area contributed by atoms with E-state index in [1.54, 1.807) is 10.6 Å². The van der Waals surface area contributed by atoms with E-state index in [0.29, 0.717) is 34.9 Å². The van der Waals surface area contributed by atoms with Crippen molar-refractivity contribution in [2.45, 2.75) is 37.2 Å². The lowest BCUT2D eigenvalue weighted by Gasteiger charge is -2.14. The topological polar surface area (TPSA) is 64.0 Å². The average Bonchev–Trinajstić information content (AvgIpc) is 2.84. The molecule has 168 valence electrons. The second-order valence-electron chi connectivity index (χ2n) is 7.92. The smallest absolute Gasteiger partial charge is 0.262 e. The Kier molecular flexibility index (Phi) is 7.58. The second kappa shape index (κ2) is 11.0. The van der Waals surface area contributed by atoms with Crippen molar-refractivity contribution in [2.24, 2.45) is 0 Å². The lowest BCUT2D eigenvalue weighted by molar-refractivity contribution is -0.121. The number of hydrogen-bond acceptors (Lipinski definition) is 4. The minimum atomic E-state index is -0.107. The first-order chi connectivity index (χ1) is 16.1. The maximum absolute atomic E-state index is 13.2. The van der Waals surface area contributed by atoms with Gasteiger partial charge in [-0.3, -0.25) is 14.2 Å². The summed E-state index contributed by atoms with van der Waals surface area (Å²) in [6.07, 6.45) is 1.01. The lowest BCUT2D eigenvalue weighted by Crippen LogP contribution is -2.30. The molecule has 0 saturated carbocycles. The monoisotopic (exact) mass is 457 g/mol. The van der Waals surface area contributed by atoms with E-state index in [-0.39, 0.29) is 17.9 Å². The van der Waals surface area contributed by atoms with E-state index >= 15 is 0 Å². The molecule has 0 spiro atoms. The zero-order valence-electron chi connectivity index (χ0n) is 18.7. The number of benzene rings is 3. The highest BCUT2D eigenvalue weighted by atomic mass is 32.2. The molecule has 3 aromatic carbocycles. The Bertz CT molecular complexity index is 1300. The number of nitrogens with one attached hydrogen (secondary N) is 1.